The zero-order valence-corrected chi connectivity index (χ0v) is 11.7. The molecule has 0 spiro atoms. The maximum absolute atomic E-state index is 12.1. The Bertz CT molecular complexity index is 375. The average molecular weight is 274 g/mol. The van der Waals surface area contributed by atoms with Gasteiger partial charge in [-0.2, -0.15) is 5.06 Å². The van der Waals surface area contributed by atoms with Gasteiger partial charge in [0.05, 0.1) is 0 Å². The molecule has 1 heterocycles. The van der Waals surface area contributed by atoms with Crippen molar-refractivity contribution >= 4 is 11.8 Å². The van der Waals surface area contributed by atoms with Crippen molar-refractivity contribution in [1.29, 1.82) is 0 Å². The van der Waals surface area contributed by atoms with Crippen molar-refractivity contribution in [3.05, 3.63) is 0 Å². The Labute approximate surface area is 112 Å². The number of hydrogen-bond donors (Lipinski definition) is 3. The zero-order chi connectivity index (χ0) is 15.0. The summed E-state index contributed by atoms with van der Waals surface area (Å²) >= 11 is 0. The first-order valence-corrected chi connectivity index (χ1v) is 6.51. The number of hydroxylamine groups is 4. The lowest BCUT2D eigenvalue weighted by Crippen LogP contribution is -2.73. The minimum atomic E-state index is -2.41. The monoisotopic (exact) mass is 274 g/mol. The molecule has 4 atom stereocenters. The second kappa shape index (κ2) is 5.44. The fourth-order valence-corrected chi connectivity index (χ4v) is 2.20. The molecule has 3 N–H and O–H groups in total. The fraction of sp³-hybridized carbons (Fsp3) is 0.833. The van der Waals surface area contributed by atoms with Crippen LogP contribution in [-0.4, -0.2) is 49.2 Å². The van der Waals surface area contributed by atoms with Crippen molar-refractivity contribution in [2.24, 2.45) is 11.8 Å². The van der Waals surface area contributed by atoms with Gasteiger partial charge in [0.1, 0.15) is 6.04 Å². The number of carbonyl (C=O) groups excluding carboxylic acids is 2. The van der Waals surface area contributed by atoms with Crippen LogP contribution in [0.3, 0.4) is 0 Å². The van der Waals surface area contributed by atoms with Crippen LogP contribution in [0.15, 0.2) is 0 Å². The summed E-state index contributed by atoms with van der Waals surface area (Å²) in [4.78, 5) is 24.2. The van der Waals surface area contributed by atoms with E-state index < -0.39 is 29.5 Å². The highest BCUT2D eigenvalue weighted by Gasteiger charge is 2.59. The van der Waals surface area contributed by atoms with E-state index in [2.05, 4.69) is 0 Å². The van der Waals surface area contributed by atoms with E-state index in [9.17, 15) is 25.1 Å². The predicted molar refractivity (Wildman–Crippen MR) is 64.9 cm³/mol. The van der Waals surface area contributed by atoms with Crippen LogP contribution in [0.5, 0.6) is 0 Å². The van der Waals surface area contributed by atoms with Gasteiger partial charge in [-0.25, -0.2) is 5.06 Å². The lowest BCUT2D eigenvalue weighted by atomic mass is 9.87. The van der Waals surface area contributed by atoms with Crippen LogP contribution in [0.25, 0.3) is 0 Å². The van der Waals surface area contributed by atoms with Crippen molar-refractivity contribution in [3.8, 4) is 0 Å². The lowest BCUT2D eigenvalue weighted by molar-refractivity contribution is -0.302. The molecule has 0 aromatic carbocycles. The van der Waals surface area contributed by atoms with Crippen LogP contribution in [0, 0.1) is 11.8 Å². The second-order valence-corrected chi connectivity index (χ2v) is 5.17. The maximum Gasteiger partial charge on any atom is 0.302 e. The second-order valence-electron chi connectivity index (χ2n) is 5.17. The van der Waals surface area contributed by atoms with E-state index in [1.54, 1.807) is 20.8 Å². The van der Waals surface area contributed by atoms with E-state index in [4.69, 9.17) is 0 Å². The molecule has 2 unspecified atom stereocenters. The molecule has 110 valence electrons. The molecule has 1 saturated heterocycles. The van der Waals surface area contributed by atoms with E-state index in [0.717, 1.165) is 0 Å². The third kappa shape index (κ3) is 2.22. The van der Waals surface area contributed by atoms with E-state index in [1.807, 2.05) is 0 Å². The van der Waals surface area contributed by atoms with E-state index >= 15 is 0 Å². The first-order chi connectivity index (χ1) is 8.73. The summed E-state index contributed by atoms with van der Waals surface area (Å²) < 4.78 is 0. The van der Waals surface area contributed by atoms with Crippen molar-refractivity contribution in [2.75, 3.05) is 0 Å². The molecule has 2 amide bonds. The molecule has 19 heavy (non-hydrogen) atoms. The number of carbonyl (C=O) groups is 2. The third-order valence-corrected chi connectivity index (χ3v) is 4.05. The van der Waals surface area contributed by atoms with Crippen LogP contribution < -0.4 is 0 Å². The summed E-state index contributed by atoms with van der Waals surface area (Å²) in [6, 6.07) is -1.17. The van der Waals surface area contributed by atoms with Gasteiger partial charge in [-0.05, 0) is 12.3 Å². The highest BCUT2D eigenvalue weighted by molar-refractivity contribution is 5.97. The molecule has 0 saturated carbocycles. The van der Waals surface area contributed by atoms with Crippen LogP contribution in [-0.2, 0) is 9.59 Å². The normalized spacial score (nSPS) is 31.6. The smallest absolute Gasteiger partial charge is 0.302 e. The van der Waals surface area contributed by atoms with Crippen LogP contribution in [0.2, 0.25) is 0 Å². The molecule has 1 aliphatic rings. The topological polar surface area (TPSA) is 101 Å². The van der Waals surface area contributed by atoms with Crippen LogP contribution >= 0.6 is 0 Å². The van der Waals surface area contributed by atoms with Crippen molar-refractivity contribution in [3.63, 3.8) is 0 Å². The Hall–Kier alpha value is -1.18. The number of amides is 2. The third-order valence-electron chi connectivity index (χ3n) is 4.05. The van der Waals surface area contributed by atoms with Crippen LogP contribution in [0.4, 0.5) is 0 Å². The highest BCUT2D eigenvalue weighted by atomic mass is 16.6. The van der Waals surface area contributed by atoms with Gasteiger partial charge in [0.15, 0.2) is 0 Å². The molecular weight excluding hydrogens is 252 g/mol. The molecule has 0 aromatic rings. The van der Waals surface area contributed by atoms with Gasteiger partial charge in [-0.3, -0.25) is 20.0 Å². The standard InChI is InChI=1S/C12H22N2O5/c1-5-7(3)9-10(15)14(19)12(17,8(4)6-2)11(16)13(9)18/h7-9,17-19H,5-6H2,1-4H3/t7-,8-,9?,12?/m0/s1. The van der Waals surface area contributed by atoms with Crippen molar-refractivity contribution in [1.82, 2.24) is 10.1 Å². The Kier molecular flexibility index (Phi) is 4.54. The van der Waals surface area contributed by atoms with Gasteiger partial charge < -0.3 is 5.11 Å². The molecule has 1 rings (SSSR count). The molecular formula is C12H22N2O5. The summed E-state index contributed by atoms with van der Waals surface area (Å²) in [7, 11) is 0. The molecule has 0 aromatic heterocycles. The molecule has 1 aliphatic heterocycles. The number of piperazine rings is 1. The van der Waals surface area contributed by atoms with Gasteiger partial charge in [-0.1, -0.05) is 34.1 Å². The number of nitrogens with zero attached hydrogens (tertiary/aromatic N) is 2. The summed E-state index contributed by atoms with van der Waals surface area (Å²) in [6.45, 7) is 6.70. The van der Waals surface area contributed by atoms with Crippen molar-refractivity contribution < 1.29 is 25.1 Å². The SMILES string of the molecule is CC[C@H](C)C1C(=O)N(O)C(O)([C@@H](C)CC)C(=O)N1O. The van der Waals surface area contributed by atoms with Gasteiger partial charge in [0.25, 0.3) is 5.91 Å². The zero-order valence-electron chi connectivity index (χ0n) is 11.7. The van der Waals surface area contributed by atoms with Crippen molar-refractivity contribution in [2.45, 2.75) is 52.3 Å². The highest BCUT2D eigenvalue weighted by Crippen LogP contribution is 2.33. The van der Waals surface area contributed by atoms with Crippen LogP contribution in [0.1, 0.15) is 40.5 Å². The van der Waals surface area contributed by atoms with E-state index in [-0.39, 0.29) is 16.0 Å². The molecule has 7 nitrogen and oxygen atoms in total. The molecule has 1 fully saturated rings. The molecule has 0 radical (unpaired) electrons. The Morgan fingerprint density at radius 1 is 1.21 bits per heavy atom. The summed E-state index contributed by atoms with van der Waals surface area (Å²) in [5, 5.41) is 30.4. The largest absolute Gasteiger partial charge is 0.361 e. The number of aliphatic hydroxyl groups is 1. The molecule has 7 heteroatoms. The minimum absolute atomic E-state index is 0.0764. The number of hydrogen-bond acceptors (Lipinski definition) is 5. The van der Waals surface area contributed by atoms with Gasteiger partial charge in [0.2, 0.25) is 5.72 Å². The Morgan fingerprint density at radius 2 is 1.74 bits per heavy atom. The maximum atomic E-state index is 12.1. The average Bonchev–Trinajstić information content (AvgIpc) is 2.41. The predicted octanol–water partition coefficient (Wildman–Crippen LogP) is 0.585. The molecule has 0 aliphatic carbocycles. The quantitative estimate of drug-likeness (QED) is 0.651. The van der Waals surface area contributed by atoms with Gasteiger partial charge in [0, 0.05) is 5.92 Å². The first-order valence-electron chi connectivity index (χ1n) is 6.51. The first kappa shape index (κ1) is 15.9. The lowest BCUT2D eigenvalue weighted by Gasteiger charge is -2.47. The van der Waals surface area contributed by atoms with Gasteiger partial charge >= 0.3 is 5.91 Å². The van der Waals surface area contributed by atoms with Gasteiger partial charge in [-0.15, -0.1) is 0 Å². The summed E-state index contributed by atoms with van der Waals surface area (Å²) in [5.41, 5.74) is -2.41. The molecule has 0 bridgehead atoms. The fourth-order valence-electron chi connectivity index (χ4n) is 2.20. The summed E-state index contributed by atoms with van der Waals surface area (Å²) in [5.74, 6) is -2.99. The number of rotatable bonds is 4. The summed E-state index contributed by atoms with van der Waals surface area (Å²) in [6.07, 6.45) is 0.894. The minimum Gasteiger partial charge on any atom is -0.361 e. The Balaban J connectivity index is 3.20. The van der Waals surface area contributed by atoms with E-state index in [1.165, 1.54) is 6.92 Å². The van der Waals surface area contributed by atoms with E-state index in [0.29, 0.717) is 12.8 Å². The Morgan fingerprint density at radius 3 is 2.16 bits per heavy atom.